The third kappa shape index (κ3) is 1.47. The molecule has 3 rings (SSSR count). The van der Waals surface area contributed by atoms with Crippen LogP contribution in [0.5, 0.6) is 0 Å². The fourth-order valence-electron chi connectivity index (χ4n) is 2.66. The zero-order valence-corrected chi connectivity index (χ0v) is 8.74. The lowest BCUT2D eigenvalue weighted by molar-refractivity contribution is -0.140. The predicted molar refractivity (Wildman–Crippen MR) is 53.9 cm³/mol. The first kappa shape index (κ1) is 9.33. The minimum atomic E-state index is -0.0648. The van der Waals surface area contributed by atoms with Crippen molar-refractivity contribution in [1.82, 2.24) is 10.2 Å². The second-order valence-electron chi connectivity index (χ2n) is 4.94. The Labute approximate surface area is 89.0 Å². The van der Waals surface area contributed by atoms with Gasteiger partial charge in [-0.05, 0) is 31.7 Å². The molecule has 1 aliphatic carbocycles. The summed E-state index contributed by atoms with van der Waals surface area (Å²) in [5, 5.41) is 3.20. The first-order chi connectivity index (χ1) is 7.27. The molecule has 0 spiro atoms. The maximum Gasteiger partial charge on any atom is 0.234 e. The molecule has 0 radical (unpaired) electrons. The third-order valence-electron chi connectivity index (χ3n) is 3.79. The van der Waals surface area contributed by atoms with Crippen molar-refractivity contribution in [3.63, 3.8) is 0 Å². The van der Waals surface area contributed by atoms with Gasteiger partial charge in [-0.3, -0.25) is 14.5 Å². The summed E-state index contributed by atoms with van der Waals surface area (Å²) < 4.78 is 0. The smallest absolute Gasteiger partial charge is 0.234 e. The number of hydrogen-bond acceptors (Lipinski definition) is 3. The van der Waals surface area contributed by atoms with E-state index in [0.717, 1.165) is 13.0 Å². The van der Waals surface area contributed by atoms with E-state index in [2.05, 4.69) is 5.32 Å². The number of carbonyl (C=O) groups excluding carboxylic acids is 2. The zero-order valence-electron chi connectivity index (χ0n) is 8.74. The fourth-order valence-corrected chi connectivity index (χ4v) is 2.66. The highest BCUT2D eigenvalue weighted by atomic mass is 16.2. The molecule has 3 fully saturated rings. The molecule has 3 aliphatic rings. The Balaban J connectivity index is 1.78. The molecule has 4 heteroatoms. The number of piperidine rings is 1. The summed E-state index contributed by atoms with van der Waals surface area (Å²) in [6, 6.07) is 0. The van der Waals surface area contributed by atoms with Gasteiger partial charge in [-0.1, -0.05) is 0 Å². The number of carbonyl (C=O) groups is 2. The standard InChI is InChI=1S/C11H16N2O2/c14-10-8-3-4-12-5-9(8)11(15)13(10)6-7-1-2-7/h7-9,12H,1-6H2/t8-,9+/m0/s1. The number of amides is 2. The van der Waals surface area contributed by atoms with E-state index < -0.39 is 0 Å². The highest BCUT2D eigenvalue weighted by Gasteiger charge is 2.49. The van der Waals surface area contributed by atoms with Crippen LogP contribution < -0.4 is 5.32 Å². The van der Waals surface area contributed by atoms with Crippen molar-refractivity contribution in [3.05, 3.63) is 0 Å². The molecule has 1 N–H and O–H groups in total. The molecule has 0 aromatic rings. The van der Waals surface area contributed by atoms with Crippen LogP contribution in [0.1, 0.15) is 19.3 Å². The normalized spacial score (nSPS) is 35.9. The lowest BCUT2D eigenvalue weighted by Gasteiger charge is -2.21. The van der Waals surface area contributed by atoms with Gasteiger partial charge in [0.05, 0.1) is 11.8 Å². The Kier molecular flexibility index (Phi) is 2.06. The molecular formula is C11H16N2O2. The molecule has 2 atom stereocenters. The lowest BCUT2D eigenvalue weighted by Crippen LogP contribution is -2.38. The van der Waals surface area contributed by atoms with E-state index >= 15 is 0 Å². The largest absolute Gasteiger partial charge is 0.316 e. The minimum absolute atomic E-state index is 0.0162. The van der Waals surface area contributed by atoms with Crippen molar-refractivity contribution in [3.8, 4) is 0 Å². The van der Waals surface area contributed by atoms with Crippen LogP contribution in [0.25, 0.3) is 0 Å². The molecular weight excluding hydrogens is 192 g/mol. The maximum atomic E-state index is 12.0. The van der Waals surface area contributed by atoms with Crippen LogP contribution in [0.4, 0.5) is 0 Å². The monoisotopic (exact) mass is 208 g/mol. The van der Waals surface area contributed by atoms with Crippen LogP contribution in [-0.2, 0) is 9.59 Å². The summed E-state index contributed by atoms with van der Waals surface area (Å²) in [6.07, 6.45) is 3.20. The Morgan fingerprint density at radius 1 is 1.13 bits per heavy atom. The fraction of sp³-hybridized carbons (Fsp3) is 0.818. The molecule has 2 saturated heterocycles. The molecule has 0 bridgehead atoms. The van der Waals surface area contributed by atoms with E-state index in [9.17, 15) is 9.59 Å². The summed E-state index contributed by atoms with van der Waals surface area (Å²) >= 11 is 0. The van der Waals surface area contributed by atoms with Crippen molar-refractivity contribution in [2.24, 2.45) is 17.8 Å². The number of imide groups is 1. The zero-order chi connectivity index (χ0) is 10.4. The van der Waals surface area contributed by atoms with E-state index in [-0.39, 0.29) is 23.7 Å². The number of fused-ring (bicyclic) bond motifs is 1. The number of likely N-dealkylation sites (tertiary alicyclic amines) is 1. The Morgan fingerprint density at radius 2 is 1.87 bits per heavy atom. The molecule has 2 amide bonds. The SMILES string of the molecule is O=C1[C@H]2CCNC[C@H]2C(=O)N1CC1CC1. The van der Waals surface area contributed by atoms with Crippen molar-refractivity contribution >= 4 is 11.8 Å². The molecule has 0 aromatic heterocycles. The van der Waals surface area contributed by atoms with Gasteiger partial charge in [-0.2, -0.15) is 0 Å². The first-order valence-electron chi connectivity index (χ1n) is 5.83. The topological polar surface area (TPSA) is 49.4 Å². The highest BCUT2D eigenvalue weighted by molar-refractivity contribution is 6.05. The summed E-state index contributed by atoms with van der Waals surface area (Å²) in [5.74, 6) is 0.691. The number of rotatable bonds is 2. The molecule has 82 valence electrons. The van der Waals surface area contributed by atoms with Crippen molar-refractivity contribution in [2.75, 3.05) is 19.6 Å². The van der Waals surface area contributed by atoms with Gasteiger partial charge in [0.1, 0.15) is 0 Å². The molecule has 15 heavy (non-hydrogen) atoms. The number of hydrogen-bond donors (Lipinski definition) is 1. The Hall–Kier alpha value is -0.900. The Morgan fingerprint density at radius 3 is 2.53 bits per heavy atom. The van der Waals surface area contributed by atoms with Gasteiger partial charge in [0.2, 0.25) is 11.8 Å². The predicted octanol–water partition coefficient (Wildman–Crippen LogP) is -0.00910. The minimum Gasteiger partial charge on any atom is -0.316 e. The van der Waals surface area contributed by atoms with Gasteiger partial charge in [0.15, 0.2) is 0 Å². The quantitative estimate of drug-likeness (QED) is 0.649. The van der Waals surface area contributed by atoms with Gasteiger partial charge in [-0.25, -0.2) is 0 Å². The van der Waals surface area contributed by atoms with E-state index in [1.165, 1.54) is 17.7 Å². The van der Waals surface area contributed by atoms with Crippen molar-refractivity contribution in [2.45, 2.75) is 19.3 Å². The van der Waals surface area contributed by atoms with E-state index in [4.69, 9.17) is 0 Å². The summed E-state index contributed by atoms with van der Waals surface area (Å²) in [4.78, 5) is 25.5. The van der Waals surface area contributed by atoms with Crippen molar-refractivity contribution in [1.29, 1.82) is 0 Å². The van der Waals surface area contributed by atoms with Gasteiger partial charge in [0, 0.05) is 13.1 Å². The summed E-state index contributed by atoms with van der Waals surface area (Å²) in [6.45, 7) is 2.25. The van der Waals surface area contributed by atoms with Gasteiger partial charge >= 0.3 is 0 Å². The number of nitrogens with zero attached hydrogens (tertiary/aromatic N) is 1. The highest BCUT2D eigenvalue weighted by Crippen LogP contribution is 2.35. The third-order valence-corrected chi connectivity index (χ3v) is 3.79. The number of nitrogens with one attached hydrogen (secondary N) is 1. The molecule has 1 saturated carbocycles. The van der Waals surface area contributed by atoms with Gasteiger partial charge in [-0.15, -0.1) is 0 Å². The maximum absolute atomic E-state index is 12.0. The summed E-state index contributed by atoms with van der Waals surface area (Å²) in [7, 11) is 0. The van der Waals surface area contributed by atoms with Crippen LogP contribution in [0, 0.1) is 17.8 Å². The van der Waals surface area contributed by atoms with E-state index in [0.29, 0.717) is 19.0 Å². The molecule has 0 unspecified atom stereocenters. The van der Waals surface area contributed by atoms with Crippen LogP contribution >= 0.6 is 0 Å². The van der Waals surface area contributed by atoms with Gasteiger partial charge in [0.25, 0.3) is 0 Å². The molecule has 2 heterocycles. The van der Waals surface area contributed by atoms with Gasteiger partial charge < -0.3 is 5.32 Å². The Bertz CT molecular complexity index is 288. The van der Waals surface area contributed by atoms with Crippen LogP contribution in [-0.4, -0.2) is 36.3 Å². The average molecular weight is 208 g/mol. The average Bonchev–Trinajstić information content (AvgIpc) is 3.04. The first-order valence-corrected chi connectivity index (χ1v) is 5.83. The van der Waals surface area contributed by atoms with Crippen LogP contribution in [0.3, 0.4) is 0 Å². The lowest BCUT2D eigenvalue weighted by atomic mass is 9.89. The molecule has 0 aromatic carbocycles. The van der Waals surface area contributed by atoms with E-state index in [1.807, 2.05) is 0 Å². The molecule has 2 aliphatic heterocycles. The summed E-state index contributed by atoms with van der Waals surface area (Å²) in [5.41, 5.74) is 0. The second-order valence-corrected chi connectivity index (χ2v) is 4.94. The van der Waals surface area contributed by atoms with Crippen molar-refractivity contribution < 1.29 is 9.59 Å². The van der Waals surface area contributed by atoms with E-state index in [1.54, 1.807) is 0 Å². The van der Waals surface area contributed by atoms with Crippen LogP contribution in [0.2, 0.25) is 0 Å². The van der Waals surface area contributed by atoms with Crippen LogP contribution in [0.15, 0.2) is 0 Å². The second kappa shape index (κ2) is 3.30. The molecule has 4 nitrogen and oxygen atoms in total.